The molecule has 0 bridgehead atoms. The minimum atomic E-state index is -0.311. The average molecular weight is 263 g/mol. The molecule has 6 heteroatoms. The molecule has 0 heterocycles. The molecule has 0 atom stereocenters. The molecule has 0 aliphatic heterocycles. The van der Waals surface area contributed by atoms with Gasteiger partial charge in [-0.05, 0) is 24.3 Å². The zero-order valence-electron chi connectivity index (χ0n) is 8.50. The topological polar surface area (TPSA) is 50.4 Å². The number of nitrogens with one attached hydrogen (secondary N) is 2. The average Bonchev–Trinajstić information content (AvgIpc) is 2.29. The summed E-state index contributed by atoms with van der Waals surface area (Å²) in [6.45, 7) is 0.518. The lowest BCUT2D eigenvalue weighted by Crippen LogP contribution is -2.38. The van der Waals surface area contributed by atoms with E-state index in [4.69, 9.17) is 27.9 Å². The molecule has 1 aromatic rings. The quantitative estimate of drug-likeness (QED) is 0.632. The van der Waals surface area contributed by atoms with Gasteiger partial charge in [-0.15, -0.1) is 11.6 Å². The monoisotopic (exact) mass is 262 g/mol. The minimum Gasteiger partial charge on any atom is -0.473 e. The SMILES string of the molecule is O=C(NCCCl)NCOc1ccc(Cl)cc1. The Balaban J connectivity index is 2.20. The molecule has 1 aromatic carbocycles. The van der Waals surface area contributed by atoms with E-state index < -0.39 is 0 Å². The molecule has 88 valence electrons. The molecule has 0 radical (unpaired) electrons. The summed E-state index contributed by atoms with van der Waals surface area (Å²) in [5.41, 5.74) is 0. The number of carbonyl (C=O) groups excluding carboxylic acids is 1. The lowest BCUT2D eigenvalue weighted by atomic mass is 10.3. The fraction of sp³-hybridized carbons (Fsp3) is 0.300. The van der Waals surface area contributed by atoms with Gasteiger partial charge in [-0.2, -0.15) is 0 Å². The second-order valence-electron chi connectivity index (χ2n) is 2.86. The zero-order valence-corrected chi connectivity index (χ0v) is 10.0. The van der Waals surface area contributed by atoms with Crippen LogP contribution in [0.5, 0.6) is 5.75 Å². The van der Waals surface area contributed by atoms with Gasteiger partial charge >= 0.3 is 6.03 Å². The van der Waals surface area contributed by atoms with Gasteiger partial charge in [0.15, 0.2) is 6.73 Å². The number of amides is 2. The molecule has 0 aliphatic carbocycles. The molecule has 0 saturated carbocycles. The fourth-order valence-corrected chi connectivity index (χ4v) is 1.16. The van der Waals surface area contributed by atoms with Crippen LogP contribution < -0.4 is 15.4 Å². The minimum absolute atomic E-state index is 0.0930. The summed E-state index contributed by atoms with van der Waals surface area (Å²) in [6.07, 6.45) is 0. The summed E-state index contributed by atoms with van der Waals surface area (Å²) in [4.78, 5) is 11.1. The second-order valence-corrected chi connectivity index (χ2v) is 3.68. The molecular weight excluding hydrogens is 251 g/mol. The van der Waals surface area contributed by atoms with E-state index in [0.29, 0.717) is 23.2 Å². The predicted molar refractivity (Wildman–Crippen MR) is 64.2 cm³/mol. The van der Waals surface area contributed by atoms with Crippen LogP contribution in [0, 0.1) is 0 Å². The Labute approximate surface area is 104 Å². The van der Waals surface area contributed by atoms with Gasteiger partial charge < -0.3 is 15.4 Å². The molecule has 0 saturated heterocycles. The van der Waals surface area contributed by atoms with Gasteiger partial charge in [0.1, 0.15) is 5.75 Å². The number of halogens is 2. The highest BCUT2D eigenvalue weighted by molar-refractivity contribution is 6.30. The first-order valence-corrected chi connectivity index (χ1v) is 5.59. The summed E-state index contributed by atoms with van der Waals surface area (Å²) in [5.74, 6) is 1.02. The normalized spacial score (nSPS) is 9.62. The third kappa shape index (κ3) is 5.09. The van der Waals surface area contributed by atoms with Crippen molar-refractivity contribution in [2.24, 2.45) is 0 Å². The Morgan fingerprint density at radius 2 is 1.94 bits per heavy atom. The van der Waals surface area contributed by atoms with E-state index in [9.17, 15) is 4.79 Å². The van der Waals surface area contributed by atoms with Gasteiger partial charge in [-0.3, -0.25) is 0 Å². The largest absolute Gasteiger partial charge is 0.473 e. The van der Waals surface area contributed by atoms with Crippen molar-refractivity contribution >= 4 is 29.2 Å². The van der Waals surface area contributed by atoms with Crippen molar-refractivity contribution in [2.45, 2.75) is 0 Å². The highest BCUT2D eigenvalue weighted by atomic mass is 35.5. The van der Waals surface area contributed by atoms with Gasteiger partial charge in [0.05, 0.1) is 0 Å². The number of hydrogen-bond donors (Lipinski definition) is 2. The first-order chi connectivity index (χ1) is 7.72. The van der Waals surface area contributed by atoms with Crippen LogP contribution in [-0.4, -0.2) is 25.2 Å². The summed E-state index contributed by atoms with van der Waals surface area (Å²) in [7, 11) is 0. The number of carbonyl (C=O) groups is 1. The van der Waals surface area contributed by atoms with E-state index in [1.807, 2.05) is 0 Å². The van der Waals surface area contributed by atoms with E-state index in [2.05, 4.69) is 10.6 Å². The zero-order chi connectivity index (χ0) is 11.8. The first-order valence-electron chi connectivity index (χ1n) is 4.68. The van der Waals surface area contributed by atoms with Gasteiger partial charge in [-0.1, -0.05) is 11.6 Å². The Morgan fingerprint density at radius 3 is 2.56 bits per heavy atom. The molecule has 4 nitrogen and oxygen atoms in total. The van der Waals surface area contributed by atoms with Crippen LogP contribution in [0.2, 0.25) is 5.02 Å². The molecule has 2 N–H and O–H groups in total. The van der Waals surface area contributed by atoms with Crippen LogP contribution in [0.15, 0.2) is 24.3 Å². The van der Waals surface area contributed by atoms with Crippen molar-refractivity contribution in [1.29, 1.82) is 0 Å². The van der Waals surface area contributed by atoms with Crippen molar-refractivity contribution in [3.63, 3.8) is 0 Å². The number of rotatable bonds is 5. The first kappa shape index (κ1) is 12.9. The lowest BCUT2D eigenvalue weighted by Gasteiger charge is -2.08. The number of benzene rings is 1. The van der Waals surface area contributed by atoms with E-state index in [0.717, 1.165) is 0 Å². The third-order valence-electron chi connectivity index (χ3n) is 1.67. The number of hydrogen-bond acceptors (Lipinski definition) is 2. The molecule has 0 aliphatic rings. The molecule has 0 spiro atoms. The van der Waals surface area contributed by atoms with Crippen molar-refractivity contribution < 1.29 is 9.53 Å². The van der Waals surface area contributed by atoms with Crippen LogP contribution in [0.3, 0.4) is 0 Å². The highest BCUT2D eigenvalue weighted by Gasteiger charge is 1.98. The Kier molecular flexibility index (Phi) is 5.82. The Morgan fingerprint density at radius 1 is 1.25 bits per heavy atom. The Hall–Kier alpha value is -1.13. The third-order valence-corrected chi connectivity index (χ3v) is 2.11. The fourth-order valence-electron chi connectivity index (χ4n) is 0.939. The summed E-state index contributed by atoms with van der Waals surface area (Å²) < 4.78 is 5.25. The maximum atomic E-state index is 11.1. The van der Waals surface area contributed by atoms with Gasteiger partial charge in [0, 0.05) is 17.4 Å². The lowest BCUT2D eigenvalue weighted by molar-refractivity contribution is 0.224. The standard InChI is InChI=1S/C10H12Cl2N2O2/c11-5-6-13-10(15)14-7-16-9-3-1-8(12)2-4-9/h1-4H,5-7H2,(H2,13,14,15). The summed E-state index contributed by atoms with van der Waals surface area (Å²) >= 11 is 11.1. The molecule has 0 unspecified atom stereocenters. The summed E-state index contributed by atoms with van der Waals surface area (Å²) in [5, 5.41) is 5.70. The number of alkyl halides is 1. The second kappa shape index (κ2) is 7.19. The van der Waals surface area contributed by atoms with Crippen molar-refractivity contribution in [2.75, 3.05) is 19.2 Å². The van der Waals surface area contributed by atoms with E-state index in [-0.39, 0.29) is 12.8 Å². The predicted octanol–water partition coefficient (Wildman–Crippen LogP) is 2.21. The molecular formula is C10H12Cl2N2O2. The van der Waals surface area contributed by atoms with Gasteiger partial charge in [0.25, 0.3) is 0 Å². The number of ether oxygens (including phenoxy) is 1. The van der Waals surface area contributed by atoms with E-state index in [1.165, 1.54) is 0 Å². The number of urea groups is 1. The van der Waals surface area contributed by atoms with Crippen LogP contribution in [0.4, 0.5) is 4.79 Å². The molecule has 0 aromatic heterocycles. The van der Waals surface area contributed by atoms with E-state index in [1.54, 1.807) is 24.3 Å². The molecule has 16 heavy (non-hydrogen) atoms. The Bertz CT molecular complexity index is 330. The maximum absolute atomic E-state index is 11.1. The van der Waals surface area contributed by atoms with Crippen LogP contribution in [-0.2, 0) is 0 Å². The van der Waals surface area contributed by atoms with Crippen molar-refractivity contribution in [1.82, 2.24) is 10.6 Å². The van der Waals surface area contributed by atoms with Gasteiger partial charge in [0.2, 0.25) is 0 Å². The van der Waals surface area contributed by atoms with Crippen LogP contribution >= 0.6 is 23.2 Å². The summed E-state index contributed by atoms with van der Waals surface area (Å²) in [6, 6.07) is 6.56. The maximum Gasteiger partial charge on any atom is 0.317 e. The smallest absolute Gasteiger partial charge is 0.317 e. The highest BCUT2D eigenvalue weighted by Crippen LogP contribution is 2.14. The molecule has 1 rings (SSSR count). The molecule has 0 fully saturated rings. The van der Waals surface area contributed by atoms with Crippen LogP contribution in [0.25, 0.3) is 0 Å². The van der Waals surface area contributed by atoms with Crippen LogP contribution in [0.1, 0.15) is 0 Å². The van der Waals surface area contributed by atoms with Crippen molar-refractivity contribution in [3.05, 3.63) is 29.3 Å². The molecule has 2 amide bonds. The van der Waals surface area contributed by atoms with E-state index >= 15 is 0 Å². The van der Waals surface area contributed by atoms with Crippen molar-refractivity contribution in [3.8, 4) is 5.75 Å². The van der Waals surface area contributed by atoms with Gasteiger partial charge in [-0.25, -0.2) is 4.79 Å².